The molecule has 0 aromatic carbocycles. The van der Waals surface area contributed by atoms with E-state index >= 15 is 0 Å². The van der Waals surface area contributed by atoms with Crippen LogP contribution in [0.2, 0.25) is 0 Å². The zero-order valence-electron chi connectivity index (χ0n) is 11.5. The van der Waals surface area contributed by atoms with Gasteiger partial charge in [-0.2, -0.15) is 15.0 Å². The van der Waals surface area contributed by atoms with Gasteiger partial charge >= 0.3 is 0 Å². The molecule has 0 fully saturated rings. The predicted octanol–water partition coefficient (Wildman–Crippen LogP) is 2.68. The zero-order valence-corrected chi connectivity index (χ0v) is 13.9. The molecule has 0 aliphatic rings. The van der Waals surface area contributed by atoms with Gasteiger partial charge in [0, 0.05) is 31.3 Å². The van der Waals surface area contributed by atoms with Crippen molar-refractivity contribution in [2.24, 2.45) is 0 Å². The normalized spacial score (nSPS) is 10.4. The van der Waals surface area contributed by atoms with E-state index in [-0.39, 0.29) is 0 Å². The maximum atomic E-state index is 4.41. The summed E-state index contributed by atoms with van der Waals surface area (Å²) >= 11 is 4.77. The quantitative estimate of drug-likeness (QED) is 0.884. The van der Waals surface area contributed by atoms with Gasteiger partial charge in [0.05, 0.1) is 0 Å². The standard InChI is InChI=1S/C12H15BrN6S/c1-4-14-10-16-11(19(2)3)18-12(17-10)20-9-6-5-8(13)7-15-9/h5-7H,4H2,1-3H3,(H,14,16,17,18). The van der Waals surface area contributed by atoms with E-state index in [1.165, 1.54) is 11.8 Å². The van der Waals surface area contributed by atoms with Crippen molar-refractivity contribution >= 4 is 39.6 Å². The Labute approximate surface area is 130 Å². The van der Waals surface area contributed by atoms with Crippen LogP contribution in [0.4, 0.5) is 11.9 Å². The average Bonchev–Trinajstić information content (AvgIpc) is 2.41. The van der Waals surface area contributed by atoms with Gasteiger partial charge in [0.25, 0.3) is 0 Å². The third-order valence-corrected chi connectivity index (χ3v) is 3.52. The number of hydrogen-bond donors (Lipinski definition) is 1. The number of nitrogens with one attached hydrogen (secondary N) is 1. The van der Waals surface area contributed by atoms with Crippen LogP contribution in [0, 0.1) is 0 Å². The fourth-order valence-electron chi connectivity index (χ4n) is 1.34. The van der Waals surface area contributed by atoms with Gasteiger partial charge in [0.2, 0.25) is 17.1 Å². The van der Waals surface area contributed by atoms with E-state index in [1.807, 2.05) is 38.1 Å². The molecule has 2 aromatic rings. The molecule has 0 radical (unpaired) electrons. The molecule has 8 heteroatoms. The summed E-state index contributed by atoms with van der Waals surface area (Å²) in [5.41, 5.74) is 0. The van der Waals surface area contributed by atoms with Crippen LogP contribution in [0.5, 0.6) is 0 Å². The minimum atomic E-state index is 0.575. The number of pyridine rings is 1. The second-order valence-electron chi connectivity index (χ2n) is 4.08. The first-order valence-electron chi connectivity index (χ1n) is 6.05. The summed E-state index contributed by atoms with van der Waals surface area (Å²) in [4.78, 5) is 19.3. The number of hydrogen-bond acceptors (Lipinski definition) is 7. The number of nitrogens with zero attached hydrogens (tertiary/aromatic N) is 5. The molecule has 0 aliphatic carbocycles. The van der Waals surface area contributed by atoms with Gasteiger partial charge in [-0.3, -0.25) is 0 Å². The summed E-state index contributed by atoms with van der Waals surface area (Å²) in [5.74, 6) is 1.20. The Morgan fingerprint density at radius 2 is 2.05 bits per heavy atom. The maximum Gasteiger partial charge on any atom is 0.230 e. The summed E-state index contributed by atoms with van der Waals surface area (Å²) in [6.07, 6.45) is 1.75. The van der Waals surface area contributed by atoms with E-state index in [4.69, 9.17) is 0 Å². The Morgan fingerprint density at radius 1 is 1.25 bits per heavy atom. The van der Waals surface area contributed by atoms with E-state index in [1.54, 1.807) is 6.20 Å². The molecule has 106 valence electrons. The van der Waals surface area contributed by atoms with Crippen LogP contribution in [0.15, 0.2) is 33.0 Å². The molecule has 0 saturated carbocycles. The third-order valence-electron chi connectivity index (χ3n) is 2.23. The highest BCUT2D eigenvalue weighted by atomic mass is 79.9. The number of anilines is 2. The van der Waals surface area contributed by atoms with Crippen molar-refractivity contribution in [2.75, 3.05) is 30.9 Å². The van der Waals surface area contributed by atoms with Crippen LogP contribution in [-0.4, -0.2) is 40.6 Å². The highest BCUT2D eigenvalue weighted by Gasteiger charge is 2.09. The molecule has 0 atom stereocenters. The average molecular weight is 355 g/mol. The summed E-state index contributed by atoms with van der Waals surface area (Å²) < 4.78 is 0.944. The molecular formula is C12H15BrN6S. The first-order chi connectivity index (χ1) is 9.58. The first kappa shape index (κ1) is 15.0. The van der Waals surface area contributed by atoms with Crippen molar-refractivity contribution in [3.8, 4) is 0 Å². The summed E-state index contributed by atoms with van der Waals surface area (Å²) in [6.45, 7) is 2.76. The van der Waals surface area contributed by atoms with Gasteiger partial charge in [-0.25, -0.2) is 4.98 Å². The van der Waals surface area contributed by atoms with Crippen LogP contribution in [0.1, 0.15) is 6.92 Å². The number of halogens is 1. The molecule has 0 amide bonds. The minimum Gasteiger partial charge on any atom is -0.354 e. The fourth-order valence-corrected chi connectivity index (χ4v) is 2.27. The van der Waals surface area contributed by atoms with E-state index in [2.05, 4.69) is 41.2 Å². The van der Waals surface area contributed by atoms with Gasteiger partial charge in [-0.1, -0.05) is 0 Å². The third kappa shape index (κ3) is 4.04. The smallest absolute Gasteiger partial charge is 0.230 e. The highest BCUT2D eigenvalue weighted by Crippen LogP contribution is 2.25. The second-order valence-corrected chi connectivity index (χ2v) is 5.99. The lowest BCUT2D eigenvalue weighted by atomic mass is 10.5. The molecule has 0 bridgehead atoms. The van der Waals surface area contributed by atoms with E-state index < -0.39 is 0 Å². The zero-order chi connectivity index (χ0) is 14.5. The molecule has 1 N–H and O–H groups in total. The molecule has 2 aromatic heterocycles. The van der Waals surface area contributed by atoms with Crippen molar-refractivity contribution in [1.29, 1.82) is 0 Å². The topological polar surface area (TPSA) is 66.8 Å². The van der Waals surface area contributed by atoms with Gasteiger partial charge in [-0.15, -0.1) is 0 Å². The lowest BCUT2D eigenvalue weighted by Gasteiger charge is -2.12. The van der Waals surface area contributed by atoms with Crippen LogP contribution in [-0.2, 0) is 0 Å². The number of rotatable bonds is 5. The Morgan fingerprint density at radius 3 is 2.65 bits per heavy atom. The van der Waals surface area contributed by atoms with Crippen molar-refractivity contribution in [1.82, 2.24) is 19.9 Å². The summed E-state index contributed by atoms with van der Waals surface area (Å²) in [5, 5.41) is 4.57. The van der Waals surface area contributed by atoms with Crippen LogP contribution >= 0.6 is 27.7 Å². The Hall–Kier alpha value is -1.41. The monoisotopic (exact) mass is 354 g/mol. The molecule has 6 nitrogen and oxygen atoms in total. The largest absolute Gasteiger partial charge is 0.354 e. The predicted molar refractivity (Wildman–Crippen MR) is 84.4 cm³/mol. The SMILES string of the molecule is CCNc1nc(Sc2ccc(Br)cn2)nc(N(C)C)n1. The van der Waals surface area contributed by atoms with Gasteiger partial charge in [0.15, 0.2) is 0 Å². The van der Waals surface area contributed by atoms with Crippen LogP contribution in [0.25, 0.3) is 0 Å². The molecular weight excluding hydrogens is 340 g/mol. The first-order valence-corrected chi connectivity index (χ1v) is 7.66. The van der Waals surface area contributed by atoms with E-state index in [0.717, 1.165) is 16.0 Å². The van der Waals surface area contributed by atoms with Gasteiger partial charge in [0.1, 0.15) is 5.03 Å². The summed E-state index contributed by atoms with van der Waals surface area (Å²) in [6, 6.07) is 3.86. The Balaban J connectivity index is 2.27. The van der Waals surface area contributed by atoms with Crippen molar-refractivity contribution in [2.45, 2.75) is 17.1 Å². The van der Waals surface area contributed by atoms with Crippen molar-refractivity contribution < 1.29 is 0 Å². The molecule has 2 rings (SSSR count). The van der Waals surface area contributed by atoms with Crippen LogP contribution < -0.4 is 10.2 Å². The van der Waals surface area contributed by atoms with Gasteiger partial charge < -0.3 is 10.2 Å². The second kappa shape index (κ2) is 6.85. The Kier molecular flexibility index (Phi) is 5.13. The van der Waals surface area contributed by atoms with Gasteiger partial charge in [-0.05, 0) is 46.7 Å². The van der Waals surface area contributed by atoms with E-state index in [9.17, 15) is 0 Å². The molecule has 0 saturated heterocycles. The molecule has 20 heavy (non-hydrogen) atoms. The number of aromatic nitrogens is 4. The molecule has 0 spiro atoms. The van der Waals surface area contributed by atoms with Crippen molar-refractivity contribution in [3.05, 3.63) is 22.8 Å². The Bertz CT molecular complexity index is 575. The van der Waals surface area contributed by atoms with E-state index in [0.29, 0.717) is 17.1 Å². The maximum absolute atomic E-state index is 4.41. The molecule has 0 unspecified atom stereocenters. The minimum absolute atomic E-state index is 0.575. The van der Waals surface area contributed by atoms with Crippen LogP contribution in [0.3, 0.4) is 0 Å². The lowest BCUT2D eigenvalue weighted by molar-refractivity contribution is 0.862. The molecule has 0 aliphatic heterocycles. The lowest BCUT2D eigenvalue weighted by Crippen LogP contribution is -2.15. The molecule has 2 heterocycles. The summed E-state index contributed by atoms with van der Waals surface area (Å²) in [7, 11) is 3.80. The highest BCUT2D eigenvalue weighted by molar-refractivity contribution is 9.10. The fraction of sp³-hybridized carbons (Fsp3) is 0.333. The van der Waals surface area contributed by atoms with Crippen molar-refractivity contribution in [3.63, 3.8) is 0 Å².